The molecular formula is C16H20O3. The minimum absolute atomic E-state index is 0.168. The molecule has 0 radical (unpaired) electrons. The highest BCUT2D eigenvalue weighted by atomic mass is 16.5. The van der Waals surface area contributed by atoms with Gasteiger partial charge in [0.05, 0.1) is 19.1 Å². The van der Waals surface area contributed by atoms with Crippen LogP contribution in [0.1, 0.15) is 49.4 Å². The summed E-state index contributed by atoms with van der Waals surface area (Å²) in [6, 6.07) is 5.48. The van der Waals surface area contributed by atoms with Gasteiger partial charge in [0.2, 0.25) is 0 Å². The van der Waals surface area contributed by atoms with Crippen molar-refractivity contribution < 1.29 is 14.3 Å². The van der Waals surface area contributed by atoms with Gasteiger partial charge in [-0.05, 0) is 37.5 Å². The first-order valence-corrected chi connectivity index (χ1v) is 7.00. The number of carbonyl (C=O) groups is 1. The van der Waals surface area contributed by atoms with E-state index in [1.807, 2.05) is 12.1 Å². The summed E-state index contributed by atoms with van der Waals surface area (Å²) in [5, 5.41) is 0. The quantitative estimate of drug-likeness (QED) is 0.832. The number of hydrogen-bond acceptors (Lipinski definition) is 3. The Kier molecular flexibility index (Phi) is 3.00. The van der Waals surface area contributed by atoms with Crippen LogP contribution in [0.2, 0.25) is 0 Å². The second-order valence-electron chi connectivity index (χ2n) is 6.02. The van der Waals surface area contributed by atoms with Crippen molar-refractivity contribution in [1.29, 1.82) is 0 Å². The minimum Gasteiger partial charge on any atom is -0.497 e. The fourth-order valence-corrected chi connectivity index (χ4v) is 3.10. The van der Waals surface area contributed by atoms with E-state index in [2.05, 4.69) is 6.92 Å². The Morgan fingerprint density at radius 3 is 2.84 bits per heavy atom. The van der Waals surface area contributed by atoms with Crippen molar-refractivity contribution in [2.75, 3.05) is 7.11 Å². The molecule has 1 fully saturated rings. The van der Waals surface area contributed by atoms with E-state index in [4.69, 9.17) is 9.47 Å². The van der Waals surface area contributed by atoms with Crippen LogP contribution in [-0.2, 0) is 0 Å². The van der Waals surface area contributed by atoms with E-state index in [1.165, 1.54) is 19.3 Å². The summed E-state index contributed by atoms with van der Waals surface area (Å²) in [6.07, 6.45) is 5.35. The van der Waals surface area contributed by atoms with E-state index >= 15 is 0 Å². The molecule has 102 valence electrons. The van der Waals surface area contributed by atoms with Crippen molar-refractivity contribution in [3.63, 3.8) is 0 Å². The molecule has 0 aromatic heterocycles. The molecule has 2 aliphatic rings. The van der Waals surface area contributed by atoms with Crippen LogP contribution >= 0.6 is 0 Å². The van der Waals surface area contributed by atoms with Crippen molar-refractivity contribution in [3.8, 4) is 11.5 Å². The molecule has 1 atom stereocenters. The van der Waals surface area contributed by atoms with Crippen molar-refractivity contribution in [2.24, 2.45) is 5.92 Å². The van der Waals surface area contributed by atoms with Crippen LogP contribution in [0, 0.1) is 5.92 Å². The van der Waals surface area contributed by atoms with Gasteiger partial charge in [-0.25, -0.2) is 0 Å². The van der Waals surface area contributed by atoms with Crippen LogP contribution in [0.5, 0.6) is 11.5 Å². The number of Topliss-reactive ketones (excluding diaryl/α,β-unsaturated/α-hetero) is 1. The lowest BCUT2D eigenvalue weighted by Gasteiger charge is -2.39. The molecule has 1 unspecified atom stereocenters. The van der Waals surface area contributed by atoms with E-state index in [1.54, 1.807) is 13.2 Å². The van der Waals surface area contributed by atoms with Gasteiger partial charge in [-0.3, -0.25) is 4.79 Å². The molecule has 1 saturated carbocycles. The zero-order chi connectivity index (χ0) is 13.5. The van der Waals surface area contributed by atoms with Gasteiger partial charge in [-0.15, -0.1) is 0 Å². The predicted octanol–water partition coefficient (Wildman–Crippen LogP) is 3.61. The average Bonchev–Trinajstić information content (AvgIpc) is 2.34. The monoisotopic (exact) mass is 260 g/mol. The summed E-state index contributed by atoms with van der Waals surface area (Å²) in [5.74, 6) is 2.32. The highest BCUT2D eigenvalue weighted by molar-refractivity contribution is 6.00. The van der Waals surface area contributed by atoms with Gasteiger partial charge in [0.25, 0.3) is 0 Å². The maximum Gasteiger partial charge on any atom is 0.170 e. The largest absolute Gasteiger partial charge is 0.497 e. The second-order valence-corrected chi connectivity index (χ2v) is 6.02. The van der Waals surface area contributed by atoms with E-state index in [0.717, 1.165) is 12.3 Å². The van der Waals surface area contributed by atoms with Gasteiger partial charge >= 0.3 is 0 Å². The number of rotatable bonds is 3. The van der Waals surface area contributed by atoms with Gasteiger partial charge in [-0.1, -0.05) is 19.3 Å². The lowest BCUT2D eigenvalue weighted by molar-refractivity contribution is 0.0257. The van der Waals surface area contributed by atoms with Crippen molar-refractivity contribution in [3.05, 3.63) is 23.8 Å². The third kappa shape index (κ3) is 2.34. The van der Waals surface area contributed by atoms with Crippen molar-refractivity contribution in [1.82, 2.24) is 0 Å². The zero-order valence-electron chi connectivity index (χ0n) is 11.6. The lowest BCUT2D eigenvalue weighted by atomic mass is 9.75. The molecule has 3 heteroatoms. The molecule has 0 N–H and O–H groups in total. The maximum atomic E-state index is 12.3. The number of fused-ring (bicyclic) bond motifs is 1. The summed E-state index contributed by atoms with van der Waals surface area (Å²) in [6.45, 7) is 2.07. The molecule has 19 heavy (non-hydrogen) atoms. The van der Waals surface area contributed by atoms with Crippen LogP contribution in [-0.4, -0.2) is 18.5 Å². The molecule has 1 aliphatic carbocycles. The molecule has 3 rings (SSSR count). The molecule has 1 aromatic rings. The fraction of sp³-hybridized carbons (Fsp3) is 0.562. The normalized spacial score (nSPS) is 26.3. The van der Waals surface area contributed by atoms with Crippen LogP contribution in [0.3, 0.4) is 0 Å². The van der Waals surface area contributed by atoms with Gasteiger partial charge in [0.15, 0.2) is 5.78 Å². The summed E-state index contributed by atoms with van der Waals surface area (Å²) >= 11 is 0. The number of hydrogen-bond donors (Lipinski definition) is 0. The number of ether oxygens (including phenoxy) is 2. The summed E-state index contributed by atoms with van der Waals surface area (Å²) in [5.41, 5.74) is 0.328. The second kappa shape index (κ2) is 4.55. The summed E-state index contributed by atoms with van der Waals surface area (Å²) < 4.78 is 11.3. The van der Waals surface area contributed by atoms with E-state index < -0.39 is 0 Å². The molecule has 1 aromatic carbocycles. The van der Waals surface area contributed by atoms with Crippen molar-refractivity contribution in [2.45, 2.75) is 44.6 Å². The first kappa shape index (κ1) is 12.5. The smallest absolute Gasteiger partial charge is 0.170 e. The summed E-state index contributed by atoms with van der Waals surface area (Å²) in [7, 11) is 1.61. The van der Waals surface area contributed by atoms with E-state index in [-0.39, 0.29) is 11.4 Å². The Bertz CT molecular complexity index is 505. The van der Waals surface area contributed by atoms with E-state index in [9.17, 15) is 4.79 Å². The number of carbonyl (C=O) groups excluding carboxylic acids is 1. The Labute approximate surface area is 113 Å². The standard InChI is InChI=1S/C16H20O3/c1-16(9-11-4-3-5-11)10-14(17)13-8-12(18-2)6-7-15(13)19-16/h6-8,11H,3-5,9-10H2,1-2H3. The molecule has 0 bridgehead atoms. The topological polar surface area (TPSA) is 35.5 Å². The molecular weight excluding hydrogens is 240 g/mol. The molecule has 3 nitrogen and oxygen atoms in total. The minimum atomic E-state index is -0.330. The Hall–Kier alpha value is -1.51. The molecule has 0 saturated heterocycles. The summed E-state index contributed by atoms with van der Waals surface area (Å²) in [4.78, 5) is 12.3. The van der Waals surface area contributed by atoms with Gasteiger partial charge in [0.1, 0.15) is 17.1 Å². The molecule has 1 aliphatic heterocycles. The first-order chi connectivity index (χ1) is 9.09. The fourth-order valence-electron chi connectivity index (χ4n) is 3.10. The van der Waals surface area contributed by atoms with Crippen LogP contribution < -0.4 is 9.47 Å². The highest BCUT2D eigenvalue weighted by Gasteiger charge is 2.39. The SMILES string of the molecule is COc1ccc2c(c1)C(=O)CC(C)(CC1CCC1)O2. The highest BCUT2D eigenvalue weighted by Crippen LogP contribution is 2.42. The molecule has 0 amide bonds. The number of benzene rings is 1. The predicted molar refractivity (Wildman–Crippen MR) is 72.9 cm³/mol. The van der Waals surface area contributed by atoms with Crippen LogP contribution in [0.25, 0.3) is 0 Å². The number of ketones is 1. The molecule has 1 heterocycles. The average molecular weight is 260 g/mol. The van der Waals surface area contributed by atoms with E-state index in [0.29, 0.717) is 23.5 Å². The van der Waals surface area contributed by atoms with Crippen LogP contribution in [0.15, 0.2) is 18.2 Å². The van der Waals surface area contributed by atoms with Crippen molar-refractivity contribution >= 4 is 5.78 Å². The lowest BCUT2D eigenvalue weighted by Crippen LogP contribution is -2.41. The van der Waals surface area contributed by atoms with Gasteiger partial charge in [0, 0.05) is 0 Å². The number of methoxy groups -OCH3 is 1. The van der Waals surface area contributed by atoms with Gasteiger partial charge in [-0.2, -0.15) is 0 Å². The maximum absolute atomic E-state index is 12.3. The van der Waals surface area contributed by atoms with Gasteiger partial charge < -0.3 is 9.47 Å². The van der Waals surface area contributed by atoms with Crippen LogP contribution in [0.4, 0.5) is 0 Å². The Balaban J connectivity index is 1.84. The zero-order valence-corrected chi connectivity index (χ0v) is 11.6. The third-order valence-corrected chi connectivity index (χ3v) is 4.32. The molecule has 0 spiro atoms. The Morgan fingerprint density at radius 1 is 1.42 bits per heavy atom. The third-order valence-electron chi connectivity index (χ3n) is 4.32. The Morgan fingerprint density at radius 2 is 2.21 bits per heavy atom. The first-order valence-electron chi connectivity index (χ1n) is 7.00.